The van der Waals surface area contributed by atoms with Crippen LogP contribution in [0, 0.1) is 0 Å². The maximum Gasteiger partial charge on any atom is 0.234 e. The maximum absolute atomic E-state index is 12.2. The second-order valence-electron chi connectivity index (χ2n) is 6.01. The van der Waals surface area contributed by atoms with E-state index in [4.69, 9.17) is 21.1 Å². The van der Waals surface area contributed by atoms with Gasteiger partial charge in [-0.15, -0.1) is 11.8 Å². The van der Waals surface area contributed by atoms with Gasteiger partial charge in [0.2, 0.25) is 5.91 Å². The lowest BCUT2D eigenvalue weighted by molar-refractivity contribution is -0.113. The number of hydrogen-bond acceptors (Lipinski definition) is 4. The molecule has 6 heteroatoms. The van der Waals surface area contributed by atoms with Gasteiger partial charge in [0.25, 0.3) is 0 Å². The standard InChI is InChI=1S/C20H22ClNO3S/c1-2-15-6-3-4-7-17(15)22-19(23)13-26-12-14-10-16(21)20-18(11-14)24-8-5-9-25-20/h3-4,6-7,10-11H,2,5,8-9,12-13H2,1H3,(H,22,23). The number of thioether (sulfide) groups is 1. The lowest BCUT2D eigenvalue weighted by Crippen LogP contribution is -2.15. The maximum atomic E-state index is 12.2. The quantitative estimate of drug-likeness (QED) is 0.757. The third kappa shape index (κ3) is 4.86. The fraction of sp³-hybridized carbons (Fsp3) is 0.350. The van der Waals surface area contributed by atoms with Crippen LogP contribution >= 0.6 is 23.4 Å². The number of amides is 1. The number of rotatable bonds is 6. The molecule has 2 aromatic carbocycles. The molecule has 0 atom stereocenters. The molecule has 1 amide bonds. The van der Waals surface area contributed by atoms with Crippen molar-refractivity contribution < 1.29 is 14.3 Å². The van der Waals surface area contributed by atoms with Gasteiger partial charge in [-0.2, -0.15) is 0 Å². The normalized spacial score (nSPS) is 13.2. The number of aryl methyl sites for hydroxylation is 1. The highest BCUT2D eigenvalue weighted by Crippen LogP contribution is 2.38. The third-order valence-corrected chi connectivity index (χ3v) is 5.32. The number of ether oxygens (including phenoxy) is 2. The molecule has 3 rings (SSSR count). The Hall–Kier alpha value is -1.85. The van der Waals surface area contributed by atoms with Gasteiger partial charge in [0, 0.05) is 17.9 Å². The van der Waals surface area contributed by atoms with Crippen LogP contribution in [0.4, 0.5) is 5.69 Å². The molecular formula is C20H22ClNO3S. The van der Waals surface area contributed by atoms with Crippen LogP contribution in [0.25, 0.3) is 0 Å². The predicted molar refractivity (Wildman–Crippen MR) is 108 cm³/mol. The van der Waals surface area contributed by atoms with Crippen molar-refractivity contribution in [3.8, 4) is 11.5 Å². The Balaban J connectivity index is 1.55. The van der Waals surface area contributed by atoms with Crippen molar-refractivity contribution in [1.29, 1.82) is 0 Å². The molecule has 138 valence electrons. The molecule has 1 heterocycles. The Morgan fingerprint density at radius 3 is 2.88 bits per heavy atom. The average molecular weight is 392 g/mol. The van der Waals surface area contributed by atoms with Crippen molar-refractivity contribution in [2.75, 3.05) is 24.3 Å². The van der Waals surface area contributed by atoms with Gasteiger partial charge in [0.1, 0.15) is 0 Å². The molecule has 0 bridgehead atoms. The van der Waals surface area contributed by atoms with E-state index >= 15 is 0 Å². The highest BCUT2D eigenvalue weighted by molar-refractivity contribution is 7.99. The van der Waals surface area contributed by atoms with E-state index in [1.165, 1.54) is 0 Å². The van der Waals surface area contributed by atoms with Crippen LogP contribution < -0.4 is 14.8 Å². The summed E-state index contributed by atoms with van der Waals surface area (Å²) < 4.78 is 11.3. The second kappa shape index (κ2) is 9.19. The number of hydrogen-bond donors (Lipinski definition) is 1. The van der Waals surface area contributed by atoms with E-state index in [1.54, 1.807) is 11.8 Å². The number of halogens is 1. The number of benzene rings is 2. The second-order valence-corrected chi connectivity index (χ2v) is 7.40. The zero-order chi connectivity index (χ0) is 18.4. The summed E-state index contributed by atoms with van der Waals surface area (Å²) in [7, 11) is 0. The topological polar surface area (TPSA) is 47.6 Å². The summed E-state index contributed by atoms with van der Waals surface area (Å²) in [4.78, 5) is 12.2. The Morgan fingerprint density at radius 1 is 1.23 bits per heavy atom. The van der Waals surface area contributed by atoms with Crippen molar-refractivity contribution in [3.63, 3.8) is 0 Å². The first-order valence-electron chi connectivity index (χ1n) is 8.71. The lowest BCUT2D eigenvalue weighted by Gasteiger charge is -2.12. The van der Waals surface area contributed by atoms with E-state index in [-0.39, 0.29) is 5.91 Å². The van der Waals surface area contributed by atoms with Crippen molar-refractivity contribution in [1.82, 2.24) is 0 Å². The molecule has 26 heavy (non-hydrogen) atoms. The highest BCUT2D eigenvalue weighted by Gasteiger charge is 2.16. The van der Waals surface area contributed by atoms with Crippen LogP contribution in [0.1, 0.15) is 24.5 Å². The molecule has 0 saturated heterocycles. The Labute approximate surface area is 163 Å². The first-order valence-corrected chi connectivity index (χ1v) is 10.2. The summed E-state index contributed by atoms with van der Waals surface area (Å²) in [5, 5.41) is 3.54. The minimum atomic E-state index is -0.00339. The molecule has 1 N–H and O–H groups in total. The molecule has 1 aliphatic heterocycles. The van der Waals surface area contributed by atoms with Crippen LogP contribution in [-0.2, 0) is 17.0 Å². The van der Waals surface area contributed by atoms with Crippen LogP contribution in [0.2, 0.25) is 5.02 Å². The van der Waals surface area contributed by atoms with Crippen LogP contribution in [-0.4, -0.2) is 24.9 Å². The van der Waals surface area contributed by atoms with Crippen molar-refractivity contribution in [3.05, 3.63) is 52.5 Å². The van der Waals surface area contributed by atoms with Gasteiger partial charge in [0.15, 0.2) is 11.5 Å². The smallest absolute Gasteiger partial charge is 0.234 e. The van der Waals surface area contributed by atoms with Gasteiger partial charge in [-0.05, 0) is 35.7 Å². The number of para-hydroxylation sites is 1. The van der Waals surface area contributed by atoms with E-state index in [2.05, 4.69) is 12.2 Å². The molecule has 0 aromatic heterocycles. The lowest BCUT2D eigenvalue weighted by atomic mass is 10.1. The number of carbonyl (C=O) groups excluding carboxylic acids is 1. The van der Waals surface area contributed by atoms with Gasteiger partial charge in [-0.25, -0.2) is 0 Å². The summed E-state index contributed by atoms with van der Waals surface area (Å²) in [6, 6.07) is 11.7. The van der Waals surface area contributed by atoms with Gasteiger partial charge >= 0.3 is 0 Å². The van der Waals surface area contributed by atoms with E-state index in [9.17, 15) is 4.79 Å². The van der Waals surface area contributed by atoms with E-state index in [0.29, 0.717) is 41.2 Å². The number of fused-ring (bicyclic) bond motifs is 1. The van der Waals surface area contributed by atoms with Crippen LogP contribution in [0.15, 0.2) is 36.4 Å². The van der Waals surface area contributed by atoms with Crippen molar-refractivity contribution >= 4 is 35.0 Å². The van der Waals surface area contributed by atoms with Crippen molar-refractivity contribution in [2.24, 2.45) is 0 Å². The summed E-state index contributed by atoms with van der Waals surface area (Å²) in [6.07, 6.45) is 1.73. The molecule has 1 aliphatic rings. The van der Waals surface area contributed by atoms with Gasteiger partial charge in [0.05, 0.1) is 24.0 Å². The first-order chi connectivity index (χ1) is 12.7. The molecule has 0 saturated carbocycles. The van der Waals surface area contributed by atoms with E-state index in [1.807, 2.05) is 36.4 Å². The molecule has 0 aliphatic carbocycles. The summed E-state index contributed by atoms with van der Waals surface area (Å²) in [5.74, 6) is 2.36. The first kappa shape index (κ1) is 18.9. The number of anilines is 1. The summed E-state index contributed by atoms with van der Waals surface area (Å²) in [6.45, 7) is 3.31. The highest BCUT2D eigenvalue weighted by atomic mass is 35.5. The van der Waals surface area contributed by atoms with Crippen molar-refractivity contribution in [2.45, 2.75) is 25.5 Å². The van der Waals surface area contributed by atoms with Crippen LogP contribution in [0.3, 0.4) is 0 Å². The minimum absolute atomic E-state index is 0.00339. The minimum Gasteiger partial charge on any atom is -0.489 e. The summed E-state index contributed by atoms with van der Waals surface area (Å²) in [5.41, 5.74) is 3.05. The van der Waals surface area contributed by atoms with E-state index in [0.717, 1.165) is 29.7 Å². The fourth-order valence-corrected chi connectivity index (χ4v) is 3.82. The van der Waals surface area contributed by atoms with E-state index < -0.39 is 0 Å². The zero-order valence-corrected chi connectivity index (χ0v) is 16.3. The third-order valence-electron chi connectivity index (χ3n) is 4.04. The number of nitrogens with one attached hydrogen (secondary N) is 1. The molecule has 0 fully saturated rings. The number of carbonyl (C=O) groups is 1. The molecular weight excluding hydrogens is 370 g/mol. The van der Waals surface area contributed by atoms with Gasteiger partial charge < -0.3 is 14.8 Å². The molecule has 0 radical (unpaired) electrons. The largest absolute Gasteiger partial charge is 0.489 e. The van der Waals surface area contributed by atoms with Gasteiger partial charge in [-0.3, -0.25) is 4.79 Å². The SMILES string of the molecule is CCc1ccccc1NC(=O)CSCc1cc(Cl)c2c(c1)OCCCO2. The zero-order valence-electron chi connectivity index (χ0n) is 14.7. The summed E-state index contributed by atoms with van der Waals surface area (Å²) >= 11 is 7.85. The Kier molecular flexibility index (Phi) is 6.69. The average Bonchev–Trinajstić information content (AvgIpc) is 2.88. The Bertz CT molecular complexity index is 782. The molecule has 2 aromatic rings. The van der Waals surface area contributed by atoms with Crippen LogP contribution in [0.5, 0.6) is 11.5 Å². The molecule has 4 nitrogen and oxygen atoms in total. The molecule has 0 unspecified atom stereocenters. The Morgan fingerprint density at radius 2 is 2.04 bits per heavy atom. The van der Waals surface area contributed by atoms with Gasteiger partial charge in [-0.1, -0.05) is 36.7 Å². The fourth-order valence-electron chi connectivity index (χ4n) is 2.77. The molecule has 0 spiro atoms. The predicted octanol–water partition coefficient (Wildman–Crippen LogP) is 4.94. The monoisotopic (exact) mass is 391 g/mol.